The molecule has 54 heavy (non-hydrogen) atoms. The molecule has 0 amide bonds. The molecule has 276 valence electrons. The van der Waals surface area contributed by atoms with E-state index in [9.17, 15) is 19.1 Å². The second kappa shape index (κ2) is 18.7. The third kappa shape index (κ3) is 9.14. The van der Waals surface area contributed by atoms with Gasteiger partial charge >= 0.3 is 11.9 Å². The van der Waals surface area contributed by atoms with Gasteiger partial charge in [-0.05, 0) is 47.0 Å². The minimum absolute atomic E-state index is 0.0855. The van der Waals surface area contributed by atoms with Crippen LogP contribution in [0.1, 0.15) is 43.0 Å². The molecule has 0 aromatic heterocycles. The number of rotatable bonds is 10. The minimum atomic E-state index is -1.16. The van der Waals surface area contributed by atoms with Crippen LogP contribution in [0.2, 0.25) is 0 Å². The number of halogens is 1. The van der Waals surface area contributed by atoms with Gasteiger partial charge in [0.2, 0.25) is 0 Å². The van der Waals surface area contributed by atoms with Gasteiger partial charge < -0.3 is 30.5 Å². The smallest absolute Gasteiger partial charge is 0.335 e. The van der Waals surface area contributed by atoms with Crippen molar-refractivity contribution < 1.29 is 38.8 Å². The van der Waals surface area contributed by atoms with E-state index in [1.165, 1.54) is 6.07 Å². The lowest BCUT2D eigenvalue weighted by molar-refractivity contribution is -0.0603. The van der Waals surface area contributed by atoms with Crippen LogP contribution in [0.4, 0.5) is 4.39 Å². The highest BCUT2D eigenvalue weighted by Crippen LogP contribution is 2.43. The van der Waals surface area contributed by atoms with Gasteiger partial charge in [0, 0.05) is 11.5 Å². The van der Waals surface area contributed by atoms with E-state index in [1.54, 1.807) is 78.9 Å². The van der Waals surface area contributed by atoms with Crippen LogP contribution in [0.25, 0.3) is 0 Å². The molecule has 0 radical (unpaired) electrons. The van der Waals surface area contributed by atoms with Crippen molar-refractivity contribution in [1.82, 2.24) is 0 Å². The van der Waals surface area contributed by atoms with Gasteiger partial charge in [-0.25, -0.2) is 14.0 Å². The van der Waals surface area contributed by atoms with Gasteiger partial charge in [0.1, 0.15) is 11.4 Å². The molecule has 0 bridgehead atoms. The zero-order valence-electron chi connectivity index (χ0n) is 29.4. The van der Waals surface area contributed by atoms with Crippen molar-refractivity contribution >= 4 is 11.9 Å². The zero-order valence-corrected chi connectivity index (χ0v) is 29.4. The summed E-state index contributed by atoms with van der Waals surface area (Å²) in [5.41, 5.74) is 8.53. The maximum atomic E-state index is 14.7. The first-order valence-corrected chi connectivity index (χ1v) is 17.3. The van der Waals surface area contributed by atoms with E-state index in [0.29, 0.717) is 16.7 Å². The van der Waals surface area contributed by atoms with Crippen LogP contribution < -0.4 is 5.73 Å². The van der Waals surface area contributed by atoms with Crippen LogP contribution in [-0.4, -0.2) is 53.2 Å². The van der Waals surface area contributed by atoms with Crippen molar-refractivity contribution in [2.24, 2.45) is 11.7 Å². The highest BCUT2D eigenvalue weighted by Gasteiger charge is 2.50. The quantitative estimate of drug-likeness (QED) is 0.105. The van der Waals surface area contributed by atoms with Crippen LogP contribution in [0, 0.1) is 11.7 Å². The molecule has 0 unspecified atom stereocenters. The number of carbonyl (C=O) groups is 2. The lowest BCUT2D eigenvalue weighted by atomic mass is 9.78. The van der Waals surface area contributed by atoms with E-state index in [2.05, 4.69) is 0 Å². The zero-order chi connectivity index (χ0) is 38.4. The van der Waals surface area contributed by atoms with Crippen molar-refractivity contribution in [3.63, 3.8) is 0 Å². The van der Waals surface area contributed by atoms with Crippen LogP contribution in [0.15, 0.2) is 176 Å². The third-order valence-electron chi connectivity index (χ3n) is 9.27. The monoisotopic (exact) mass is 727 g/mol. The first-order chi connectivity index (χ1) is 26.2. The number of benzene rings is 6. The van der Waals surface area contributed by atoms with Gasteiger partial charge in [-0.2, -0.15) is 0 Å². The summed E-state index contributed by atoms with van der Waals surface area (Å²) in [5.74, 6) is -2.71. The number of aliphatic hydroxyl groups is 1. The fourth-order valence-electron chi connectivity index (χ4n) is 6.50. The topological polar surface area (TPSA) is 139 Å². The number of hydrogen-bond acceptors (Lipinski definition) is 6. The van der Waals surface area contributed by atoms with E-state index in [1.807, 2.05) is 91.0 Å². The van der Waals surface area contributed by atoms with E-state index >= 15 is 0 Å². The summed E-state index contributed by atoms with van der Waals surface area (Å²) < 4.78 is 27.7. The highest BCUT2D eigenvalue weighted by atomic mass is 19.1. The molecule has 5 N–H and O–H groups in total. The average Bonchev–Trinajstić information content (AvgIpc) is 3.56. The molecule has 0 spiro atoms. The first kappa shape index (κ1) is 39.2. The van der Waals surface area contributed by atoms with Gasteiger partial charge in [0.05, 0.1) is 42.6 Å². The van der Waals surface area contributed by atoms with E-state index in [-0.39, 0.29) is 19.8 Å². The maximum absolute atomic E-state index is 14.7. The Bertz CT molecular complexity index is 1910. The van der Waals surface area contributed by atoms with Crippen LogP contribution in [-0.2, 0) is 20.6 Å². The van der Waals surface area contributed by atoms with Crippen molar-refractivity contribution in [3.8, 4) is 0 Å². The van der Waals surface area contributed by atoms with Gasteiger partial charge in [-0.15, -0.1) is 0 Å². The number of carboxylic acids is 2. The molecule has 6 aromatic carbocycles. The Balaban J connectivity index is 0.000000253. The molecule has 3 atom stereocenters. The molecule has 9 heteroatoms. The lowest BCUT2D eigenvalue weighted by Gasteiger charge is -2.37. The highest BCUT2D eigenvalue weighted by molar-refractivity contribution is 5.87. The molecular weight excluding hydrogens is 685 g/mol. The van der Waals surface area contributed by atoms with E-state index in [0.717, 1.165) is 16.7 Å². The van der Waals surface area contributed by atoms with Crippen molar-refractivity contribution in [2.75, 3.05) is 19.8 Å². The summed E-state index contributed by atoms with van der Waals surface area (Å²) in [6, 6.07) is 53.2. The second-order valence-corrected chi connectivity index (χ2v) is 12.6. The van der Waals surface area contributed by atoms with Gasteiger partial charge in [0.15, 0.2) is 0 Å². The number of nitrogens with two attached hydrogens (primary N) is 1. The fraction of sp³-hybridized carbons (Fsp3) is 0.156. The van der Waals surface area contributed by atoms with Crippen LogP contribution >= 0.6 is 0 Å². The predicted molar refractivity (Wildman–Crippen MR) is 205 cm³/mol. The Morgan fingerprint density at radius 1 is 0.648 bits per heavy atom. The number of hydrogen-bond donors (Lipinski definition) is 4. The summed E-state index contributed by atoms with van der Waals surface area (Å²) in [7, 11) is 0. The Hall–Kier alpha value is -5.97. The van der Waals surface area contributed by atoms with E-state index in [4.69, 9.17) is 25.4 Å². The van der Waals surface area contributed by atoms with Crippen LogP contribution in [0.5, 0.6) is 0 Å². The van der Waals surface area contributed by atoms with Gasteiger partial charge in [0.25, 0.3) is 0 Å². The number of carboxylic acid groups (broad SMARTS) is 2. The molecular formula is C45H42FNO7. The molecule has 6 aromatic rings. The number of aliphatic hydroxyl groups excluding tert-OH is 1. The van der Waals surface area contributed by atoms with Gasteiger partial charge in [-0.1, -0.05) is 146 Å². The Morgan fingerprint density at radius 2 is 1.02 bits per heavy atom. The maximum Gasteiger partial charge on any atom is 0.335 e. The molecule has 8 nitrogen and oxygen atoms in total. The number of ether oxygens (including phenoxy) is 2. The second-order valence-electron chi connectivity index (χ2n) is 12.6. The minimum Gasteiger partial charge on any atom is -0.478 e. The Labute approximate surface area is 313 Å². The summed E-state index contributed by atoms with van der Waals surface area (Å²) in [6.07, 6.45) is -0.532. The largest absolute Gasteiger partial charge is 0.478 e. The summed E-state index contributed by atoms with van der Waals surface area (Å²) in [5, 5.41) is 27.1. The molecule has 0 saturated carbocycles. The summed E-state index contributed by atoms with van der Waals surface area (Å²) >= 11 is 0. The molecule has 1 aliphatic heterocycles. The van der Waals surface area contributed by atoms with Crippen LogP contribution in [0.3, 0.4) is 0 Å². The SMILES string of the molecule is N[C@@]1(c2ccccc2F)CO[C@H](COC(c2ccccc2)(c2ccccc2)c2ccccc2)[C@H]1CO.O=C(O)c1ccccc1.O=C(O)c1ccccc1. The lowest BCUT2D eigenvalue weighted by Crippen LogP contribution is -2.48. The van der Waals surface area contributed by atoms with Crippen molar-refractivity contribution in [3.05, 3.63) is 215 Å². The molecule has 7 rings (SSSR count). The molecule has 0 aliphatic carbocycles. The van der Waals surface area contributed by atoms with Gasteiger partial charge in [-0.3, -0.25) is 0 Å². The van der Waals surface area contributed by atoms with Crippen molar-refractivity contribution in [1.29, 1.82) is 0 Å². The Kier molecular flexibility index (Phi) is 13.6. The predicted octanol–water partition coefficient (Wildman–Crippen LogP) is 7.77. The summed E-state index contributed by atoms with van der Waals surface area (Å²) in [4.78, 5) is 20.4. The first-order valence-electron chi connectivity index (χ1n) is 17.3. The average molecular weight is 728 g/mol. The molecule has 1 saturated heterocycles. The van der Waals surface area contributed by atoms with Crippen molar-refractivity contribution in [2.45, 2.75) is 17.2 Å². The number of aromatic carboxylic acids is 2. The summed E-state index contributed by atoms with van der Waals surface area (Å²) in [6.45, 7) is -0.0205. The molecule has 1 heterocycles. The molecule has 1 fully saturated rings. The third-order valence-corrected chi connectivity index (χ3v) is 9.27. The fourth-order valence-corrected chi connectivity index (χ4v) is 6.50. The molecule has 1 aliphatic rings. The Morgan fingerprint density at radius 3 is 1.37 bits per heavy atom. The van der Waals surface area contributed by atoms with E-state index < -0.39 is 40.9 Å². The normalized spacial score (nSPS) is 17.6. The standard InChI is InChI=1S/C31H30FNO3.2C7H6O2/c32-28-19-11-10-18-26(28)30(33)22-35-29(27(30)20-34)21-36-31(23-12-4-1-5-13-23,24-14-6-2-7-15-24)25-16-8-3-9-17-25;2*8-7(9)6-4-2-1-3-5-6/h1-19,27,29,34H,20-22,33H2;2*1-5H,(H,8,9)/t27-,29-,30-;;/m1../s1.